The standard InChI is InChI=1S/C49H55N7O6/c1-4-31-26-37-38(49(2,3)46-44(45(37)59)36-11-9-30(28-50)24-39(36)51-46)27-41(31)54-17-15-33(16-18-54)53-19-21-55(22-20-53)43(58)8-6-5-7-23-62-34-10-12-35-32(25-34)29-56(48(35)61)40-13-14-42(57)52-47(40)60/h9-12,24-27,33,40,51H,4-8,13-23,29H2,1-3H3,(H,52,57,60). The predicted molar refractivity (Wildman–Crippen MR) is 234 cm³/mol. The molecule has 13 nitrogen and oxygen atoms in total. The van der Waals surface area contributed by atoms with Gasteiger partial charge in [0.05, 0.1) is 23.8 Å². The molecular weight excluding hydrogens is 783 g/mol. The molecule has 1 atom stereocenters. The monoisotopic (exact) mass is 837 g/mol. The molecule has 3 saturated heterocycles. The lowest BCUT2D eigenvalue weighted by Crippen LogP contribution is -2.54. The van der Waals surface area contributed by atoms with Crippen LogP contribution in [0.2, 0.25) is 0 Å². The van der Waals surface area contributed by atoms with E-state index in [4.69, 9.17) is 4.74 Å². The minimum Gasteiger partial charge on any atom is -0.494 e. The molecule has 0 spiro atoms. The van der Waals surface area contributed by atoms with Crippen molar-refractivity contribution in [3.63, 3.8) is 0 Å². The molecule has 4 aromatic rings. The molecule has 4 amide bonds. The van der Waals surface area contributed by atoms with Crippen molar-refractivity contribution in [1.29, 1.82) is 5.26 Å². The summed E-state index contributed by atoms with van der Waals surface area (Å²) in [4.78, 5) is 76.4. The molecule has 1 aromatic heterocycles. The number of aromatic nitrogens is 1. The van der Waals surface area contributed by atoms with Crippen LogP contribution in [-0.2, 0) is 32.8 Å². The fourth-order valence-electron chi connectivity index (χ4n) is 10.5. The van der Waals surface area contributed by atoms with Crippen molar-refractivity contribution in [3.05, 3.63) is 93.2 Å². The highest BCUT2D eigenvalue weighted by molar-refractivity contribution is 6.20. The summed E-state index contributed by atoms with van der Waals surface area (Å²) in [5.41, 5.74) is 8.22. The number of ether oxygens (including phenoxy) is 1. The number of ketones is 1. The smallest absolute Gasteiger partial charge is 0.255 e. The molecule has 0 bridgehead atoms. The Morgan fingerprint density at radius 1 is 0.903 bits per heavy atom. The van der Waals surface area contributed by atoms with Crippen LogP contribution in [0.15, 0.2) is 48.5 Å². The average Bonchev–Trinajstić information content (AvgIpc) is 3.84. The van der Waals surface area contributed by atoms with E-state index in [9.17, 15) is 29.2 Å². The Morgan fingerprint density at radius 3 is 2.44 bits per heavy atom. The lowest BCUT2D eigenvalue weighted by molar-refractivity contribution is -0.137. The van der Waals surface area contributed by atoms with Gasteiger partial charge in [-0.05, 0) is 104 Å². The van der Waals surface area contributed by atoms with Gasteiger partial charge < -0.3 is 24.4 Å². The van der Waals surface area contributed by atoms with E-state index in [-0.39, 0.29) is 29.9 Å². The van der Waals surface area contributed by atoms with E-state index in [1.807, 2.05) is 23.1 Å². The maximum Gasteiger partial charge on any atom is 0.255 e. The molecule has 9 rings (SSSR count). The number of benzene rings is 3. The number of piperazine rings is 1. The molecule has 1 unspecified atom stereocenters. The van der Waals surface area contributed by atoms with Gasteiger partial charge in [-0.25, -0.2) is 0 Å². The van der Waals surface area contributed by atoms with E-state index in [2.05, 4.69) is 59.1 Å². The molecule has 322 valence electrons. The van der Waals surface area contributed by atoms with Gasteiger partial charge in [-0.3, -0.25) is 34.2 Å². The molecular formula is C49H55N7O6. The van der Waals surface area contributed by atoms with E-state index in [1.54, 1.807) is 18.2 Å². The second-order valence-electron chi connectivity index (χ2n) is 18.1. The third-order valence-corrected chi connectivity index (χ3v) is 14.1. The number of nitrogens with one attached hydrogen (secondary N) is 2. The van der Waals surface area contributed by atoms with Crippen LogP contribution in [0.25, 0.3) is 10.9 Å². The van der Waals surface area contributed by atoms with Crippen LogP contribution < -0.4 is 15.0 Å². The van der Waals surface area contributed by atoms with Gasteiger partial charge in [0.1, 0.15) is 11.8 Å². The first-order valence-corrected chi connectivity index (χ1v) is 22.4. The lowest BCUT2D eigenvalue weighted by Gasteiger charge is -2.44. The van der Waals surface area contributed by atoms with Crippen molar-refractivity contribution in [2.75, 3.05) is 50.8 Å². The van der Waals surface area contributed by atoms with Crippen LogP contribution in [0.3, 0.4) is 0 Å². The van der Waals surface area contributed by atoms with E-state index in [1.165, 1.54) is 16.2 Å². The number of aromatic amines is 1. The number of rotatable bonds is 11. The third kappa shape index (κ3) is 7.52. The number of carbonyl (C=O) groups excluding carboxylic acids is 5. The molecule has 13 heteroatoms. The van der Waals surface area contributed by atoms with Crippen LogP contribution in [0.1, 0.15) is 126 Å². The normalized spacial score (nSPS) is 20.2. The maximum absolute atomic E-state index is 14.1. The number of piperidine rings is 2. The van der Waals surface area contributed by atoms with Crippen molar-refractivity contribution >= 4 is 46.0 Å². The Hall–Kier alpha value is -6.00. The number of hydrogen-bond donors (Lipinski definition) is 2. The Bertz CT molecular complexity index is 2520. The summed E-state index contributed by atoms with van der Waals surface area (Å²) in [7, 11) is 0. The highest BCUT2D eigenvalue weighted by atomic mass is 16.5. The third-order valence-electron chi connectivity index (χ3n) is 14.1. The summed E-state index contributed by atoms with van der Waals surface area (Å²) >= 11 is 0. The number of anilines is 1. The topological polar surface area (TPSA) is 159 Å². The zero-order chi connectivity index (χ0) is 43.3. The van der Waals surface area contributed by atoms with E-state index >= 15 is 0 Å². The molecule has 3 aromatic carbocycles. The number of fused-ring (bicyclic) bond motifs is 5. The van der Waals surface area contributed by atoms with Crippen LogP contribution in [0.5, 0.6) is 5.75 Å². The molecule has 4 aliphatic heterocycles. The molecule has 5 heterocycles. The lowest BCUT2D eigenvalue weighted by atomic mass is 9.70. The number of aryl methyl sites for hydroxylation is 1. The zero-order valence-electron chi connectivity index (χ0n) is 36.0. The van der Waals surface area contributed by atoms with Gasteiger partial charge in [-0.2, -0.15) is 5.26 Å². The van der Waals surface area contributed by atoms with Crippen molar-refractivity contribution in [2.45, 2.75) is 103 Å². The van der Waals surface area contributed by atoms with Crippen LogP contribution in [0, 0.1) is 11.3 Å². The Labute approximate surface area is 362 Å². The molecule has 1 aliphatic carbocycles. The van der Waals surface area contributed by atoms with Gasteiger partial charge in [-0.15, -0.1) is 0 Å². The van der Waals surface area contributed by atoms with Crippen LogP contribution >= 0.6 is 0 Å². The number of nitrogens with zero attached hydrogens (tertiary/aromatic N) is 5. The molecule has 3 fully saturated rings. The quantitative estimate of drug-likeness (QED) is 0.137. The van der Waals surface area contributed by atoms with E-state index in [0.717, 1.165) is 117 Å². The fourth-order valence-corrected chi connectivity index (χ4v) is 10.5. The number of amides is 4. The summed E-state index contributed by atoms with van der Waals surface area (Å²) in [5, 5.41) is 12.7. The first-order chi connectivity index (χ1) is 29.9. The predicted octanol–water partition coefficient (Wildman–Crippen LogP) is 5.99. The van der Waals surface area contributed by atoms with Gasteiger partial charge in [0.15, 0.2) is 5.78 Å². The molecule has 62 heavy (non-hydrogen) atoms. The Kier molecular flexibility index (Phi) is 11.1. The molecule has 0 saturated carbocycles. The number of imide groups is 1. The van der Waals surface area contributed by atoms with Crippen molar-refractivity contribution in [3.8, 4) is 11.8 Å². The summed E-state index contributed by atoms with van der Waals surface area (Å²) in [5.74, 6) is 0.0197. The summed E-state index contributed by atoms with van der Waals surface area (Å²) in [6.07, 6.45) is 6.52. The van der Waals surface area contributed by atoms with Gasteiger partial charge in [-0.1, -0.05) is 26.8 Å². The second kappa shape index (κ2) is 16.7. The van der Waals surface area contributed by atoms with E-state index in [0.29, 0.717) is 48.9 Å². The SMILES string of the molecule is CCc1cc2c(cc1N1CCC(N3CCN(C(=O)CCCCCOc4ccc5c(c4)CN(C4CCC(=O)NC4=O)C5=O)CC3)CC1)C(C)(C)c1[nH]c3cc(C#N)ccc3c1C2=O. The molecule has 2 N–H and O–H groups in total. The Morgan fingerprint density at radius 2 is 1.69 bits per heavy atom. The van der Waals surface area contributed by atoms with Crippen molar-refractivity contribution < 1.29 is 28.7 Å². The van der Waals surface area contributed by atoms with Crippen molar-refractivity contribution in [2.24, 2.45) is 0 Å². The number of carbonyl (C=O) groups is 5. The number of unbranched alkanes of at least 4 members (excludes halogenated alkanes) is 2. The van der Waals surface area contributed by atoms with Crippen molar-refractivity contribution in [1.82, 2.24) is 25.0 Å². The highest BCUT2D eigenvalue weighted by Crippen LogP contribution is 2.46. The number of H-pyrrole nitrogens is 1. The van der Waals surface area contributed by atoms with Gasteiger partial charge >= 0.3 is 0 Å². The number of hydrogen-bond acceptors (Lipinski definition) is 9. The van der Waals surface area contributed by atoms with Gasteiger partial charge in [0, 0.05) is 104 Å². The molecule has 5 aliphatic rings. The molecule has 0 radical (unpaired) electrons. The summed E-state index contributed by atoms with van der Waals surface area (Å²) in [6, 6.07) is 17.4. The number of nitriles is 1. The minimum atomic E-state index is -0.640. The van der Waals surface area contributed by atoms with Gasteiger partial charge in [0.2, 0.25) is 17.7 Å². The summed E-state index contributed by atoms with van der Waals surface area (Å²) in [6.45, 7) is 12.5. The van der Waals surface area contributed by atoms with Crippen LogP contribution in [0.4, 0.5) is 5.69 Å². The first-order valence-electron chi connectivity index (χ1n) is 22.4. The summed E-state index contributed by atoms with van der Waals surface area (Å²) < 4.78 is 6.00. The minimum absolute atomic E-state index is 0.0462. The largest absolute Gasteiger partial charge is 0.494 e. The maximum atomic E-state index is 14.1. The Balaban J connectivity index is 0.717. The zero-order valence-corrected chi connectivity index (χ0v) is 36.0. The van der Waals surface area contributed by atoms with E-state index < -0.39 is 17.4 Å². The highest BCUT2D eigenvalue weighted by Gasteiger charge is 2.42. The average molecular weight is 838 g/mol. The van der Waals surface area contributed by atoms with Gasteiger partial charge in [0.25, 0.3) is 5.91 Å². The second-order valence-corrected chi connectivity index (χ2v) is 18.1. The fraction of sp³-hybridized carbons (Fsp3) is 0.469. The first kappa shape index (κ1) is 41.4. The van der Waals surface area contributed by atoms with Crippen LogP contribution in [-0.4, -0.2) is 107 Å².